The van der Waals surface area contributed by atoms with Gasteiger partial charge in [-0.15, -0.1) is 0 Å². The predicted molar refractivity (Wildman–Crippen MR) is 39.2 cm³/mol. The Kier molecular flexibility index (Phi) is 5.77. The highest BCUT2D eigenvalue weighted by atomic mass is 16.5. The van der Waals surface area contributed by atoms with Crippen LogP contribution in [0.15, 0.2) is 12.3 Å². The lowest BCUT2D eigenvalue weighted by atomic mass is 10.3. The van der Waals surface area contributed by atoms with Crippen molar-refractivity contribution in [1.29, 1.82) is 0 Å². The Morgan fingerprint density at radius 3 is 2.90 bits per heavy atom. The Labute approximate surface area is 60.9 Å². The molecular formula is C7H13NO2. The second-order valence-electron chi connectivity index (χ2n) is 1.85. The van der Waals surface area contributed by atoms with Gasteiger partial charge in [-0.05, 0) is 12.5 Å². The Morgan fingerprint density at radius 2 is 2.40 bits per heavy atom. The standard InChI is InChI=1S/C7H13NO2/c1-2-3-4-5-10-7(9)6-8/h4-5H,2-3,6,8H2,1H3. The normalized spacial score (nSPS) is 10.2. The summed E-state index contributed by atoms with van der Waals surface area (Å²) in [6, 6.07) is 0. The van der Waals surface area contributed by atoms with Gasteiger partial charge in [-0.2, -0.15) is 0 Å². The van der Waals surface area contributed by atoms with E-state index >= 15 is 0 Å². The number of ether oxygens (including phenoxy) is 1. The smallest absolute Gasteiger partial charge is 0.324 e. The molecule has 2 N–H and O–H groups in total. The number of hydrogen-bond acceptors (Lipinski definition) is 3. The molecule has 0 atom stereocenters. The second-order valence-corrected chi connectivity index (χ2v) is 1.85. The topological polar surface area (TPSA) is 52.3 Å². The van der Waals surface area contributed by atoms with E-state index in [1.165, 1.54) is 6.26 Å². The lowest BCUT2D eigenvalue weighted by Gasteiger charge is -1.92. The molecule has 0 aromatic heterocycles. The van der Waals surface area contributed by atoms with Crippen LogP contribution >= 0.6 is 0 Å². The Bertz CT molecular complexity index is 121. The number of hydrogen-bond donors (Lipinski definition) is 1. The Morgan fingerprint density at radius 1 is 1.70 bits per heavy atom. The highest BCUT2D eigenvalue weighted by Crippen LogP contribution is 1.88. The van der Waals surface area contributed by atoms with E-state index in [9.17, 15) is 4.79 Å². The van der Waals surface area contributed by atoms with Crippen LogP contribution in [-0.2, 0) is 9.53 Å². The van der Waals surface area contributed by atoms with Gasteiger partial charge >= 0.3 is 5.97 Å². The molecule has 0 heterocycles. The maximum absolute atomic E-state index is 10.4. The molecule has 0 aromatic carbocycles. The van der Waals surface area contributed by atoms with Crippen LogP contribution in [0.5, 0.6) is 0 Å². The van der Waals surface area contributed by atoms with Crippen LogP contribution in [0.1, 0.15) is 19.8 Å². The third kappa shape index (κ3) is 5.31. The zero-order valence-corrected chi connectivity index (χ0v) is 6.17. The van der Waals surface area contributed by atoms with E-state index in [-0.39, 0.29) is 6.54 Å². The fraction of sp³-hybridized carbons (Fsp3) is 0.571. The first-order valence-electron chi connectivity index (χ1n) is 3.35. The molecule has 0 aromatic rings. The minimum absolute atomic E-state index is 0.0591. The SMILES string of the molecule is CCCC=COC(=O)CN. The van der Waals surface area contributed by atoms with Crippen LogP contribution in [0, 0.1) is 0 Å². The van der Waals surface area contributed by atoms with Crippen molar-refractivity contribution in [3.63, 3.8) is 0 Å². The van der Waals surface area contributed by atoms with E-state index < -0.39 is 5.97 Å². The lowest BCUT2D eigenvalue weighted by Crippen LogP contribution is -2.13. The van der Waals surface area contributed by atoms with E-state index in [2.05, 4.69) is 11.7 Å². The lowest BCUT2D eigenvalue weighted by molar-refractivity contribution is -0.136. The molecule has 0 unspecified atom stereocenters. The summed E-state index contributed by atoms with van der Waals surface area (Å²) in [6.07, 6.45) is 5.17. The fourth-order valence-corrected chi connectivity index (χ4v) is 0.407. The molecule has 0 aliphatic heterocycles. The van der Waals surface area contributed by atoms with Gasteiger partial charge in [0.15, 0.2) is 0 Å². The molecule has 3 heteroatoms. The zero-order valence-electron chi connectivity index (χ0n) is 6.17. The third-order valence-corrected chi connectivity index (χ3v) is 0.918. The number of allylic oxidation sites excluding steroid dienone is 1. The van der Waals surface area contributed by atoms with Gasteiger partial charge in [0.25, 0.3) is 0 Å². The van der Waals surface area contributed by atoms with Gasteiger partial charge in [0, 0.05) is 0 Å². The molecule has 0 rings (SSSR count). The molecule has 58 valence electrons. The average Bonchev–Trinajstić information content (AvgIpc) is 1.98. The molecule has 0 spiro atoms. The first-order chi connectivity index (χ1) is 4.81. The number of rotatable bonds is 4. The monoisotopic (exact) mass is 143 g/mol. The van der Waals surface area contributed by atoms with Crippen LogP contribution in [0.4, 0.5) is 0 Å². The van der Waals surface area contributed by atoms with Crippen molar-refractivity contribution in [1.82, 2.24) is 0 Å². The van der Waals surface area contributed by atoms with Crippen LogP contribution in [0.3, 0.4) is 0 Å². The van der Waals surface area contributed by atoms with Crippen LogP contribution < -0.4 is 5.73 Å². The number of carbonyl (C=O) groups excluding carboxylic acids is 1. The quantitative estimate of drug-likeness (QED) is 0.468. The highest BCUT2D eigenvalue weighted by Gasteiger charge is 1.91. The number of nitrogens with two attached hydrogens (primary N) is 1. The summed E-state index contributed by atoms with van der Waals surface area (Å²) in [5.74, 6) is -0.396. The van der Waals surface area contributed by atoms with Gasteiger partial charge in [0.05, 0.1) is 12.8 Å². The summed E-state index contributed by atoms with van der Waals surface area (Å²) in [4.78, 5) is 10.4. The van der Waals surface area contributed by atoms with Crippen molar-refractivity contribution in [3.05, 3.63) is 12.3 Å². The van der Waals surface area contributed by atoms with Gasteiger partial charge in [0.1, 0.15) is 0 Å². The van der Waals surface area contributed by atoms with E-state index in [0.29, 0.717) is 0 Å². The molecular weight excluding hydrogens is 130 g/mol. The van der Waals surface area contributed by atoms with Crippen molar-refractivity contribution in [2.75, 3.05) is 6.54 Å². The zero-order chi connectivity index (χ0) is 7.82. The van der Waals surface area contributed by atoms with Crippen molar-refractivity contribution in [3.8, 4) is 0 Å². The van der Waals surface area contributed by atoms with Gasteiger partial charge in [-0.3, -0.25) is 4.79 Å². The fourth-order valence-electron chi connectivity index (χ4n) is 0.407. The number of esters is 1. The maximum atomic E-state index is 10.4. The van der Waals surface area contributed by atoms with Gasteiger partial charge in [-0.25, -0.2) is 0 Å². The molecule has 0 aliphatic carbocycles. The molecule has 0 aliphatic rings. The number of unbranched alkanes of at least 4 members (excludes halogenated alkanes) is 1. The third-order valence-electron chi connectivity index (χ3n) is 0.918. The van der Waals surface area contributed by atoms with Crippen LogP contribution in [-0.4, -0.2) is 12.5 Å². The summed E-state index contributed by atoms with van der Waals surface area (Å²) >= 11 is 0. The molecule has 0 bridgehead atoms. The molecule has 0 fully saturated rings. The van der Waals surface area contributed by atoms with Crippen molar-refractivity contribution in [2.45, 2.75) is 19.8 Å². The average molecular weight is 143 g/mol. The van der Waals surface area contributed by atoms with E-state index in [0.717, 1.165) is 12.8 Å². The highest BCUT2D eigenvalue weighted by molar-refractivity contribution is 5.71. The minimum Gasteiger partial charge on any atom is -0.434 e. The molecule has 0 amide bonds. The summed E-state index contributed by atoms with van der Waals surface area (Å²) in [5.41, 5.74) is 4.98. The maximum Gasteiger partial charge on any atom is 0.324 e. The molecule has 3 nitrogen and oxygen atoms in total. The van der Waals surface area contributed by atoms with E-state index in [1.54, 1.807) is 6.08 Å². The van der Waals surface area contributed by atoms with Gasteiger partial charge < -0.3 is 10.5 Å². The Balaban J connectivity index is 3.25. The second kappa shape index (κ2) is 6.29. The van der Waals surface area contributed by atoms with Crippen LogP contribution in [0.25, 0.3) is 0 Å². The van der Waals surface area contributed by atoms with Gasteiger partial charge in [-0.1, -0.05) is 13.3 Å². The number of carbonyl (C=O) groups is 1. The first-order valence-corrected chi connectivity index (χ1v) is 3.35. The van der Waals surface area contributed by atoms with E-state index in [4.69, 9.17) is 5.73 Å². The molecule has 0 saturated carbocycles. The predicted octanol–water partition coefficient (Wildman–Crippen LogP) is 0.802. The van der Waals surface area contributed by atoms with Gasteiger partial charge in [0.2, 0.25) is 0 Å². The van der Waals surface area contributed by atoms with Crippen molar-refractivity contribution >= 4 is 5.97 Å². The summed E-state index contributed by atoms with van der Waals surface area (Å²) in [5, 5.41) is 0. The summed E-state index contributed by atoms with van der Waals surface area (Å²) in [7, 11) is 0. The summed E-state index contributed by atoms with van der Waals surface area (Å²) in [6.45, 7) is 1.99. The Hall–Kier alpha value is -0.830. The van der Waals surface area contributed by atoms with Crippen molar-refractivity contribution < 1.29 is 9.53 Å². The molecule has 10 heavy (non-hydrogen) atoms. The van der Waals surface area contributed by atoms with Crippen molar-refractivity contribution in [2.24, 2.45) is 5.73 Å². The molecule has 0 saturated heterocycles. The van der Waals surface area contributed by atoms with E-state index in [1.807, 2.05) is 0 Å². The molecule has 0 radical (unpaired) electrons. The largest absolute Gasteiger partial charge is 0.434 e. The van der Waals surface area contributed by atoms with Crippen LogP contribution in [0.2, 0.25) is 0 Å². The summed E-state index contributed by atoms with van der Waals surface area (Å²) < 4.78 is 4.55. The minimum atomic E-state index is -0.396. The first kappa shape index (κ1) is 9.17.